The molecule has 0 radical (unpaired) electrons. The molecule has 0 aliphatic carbocycles. The van der Waals surface area contributed by atoms with E-state index in [-0.39, 0.29) is 5.78 Å². The zero-order valence-electron chi connectivity index (χ0n) is 10.8. The summed E-state index contributed by atoms with van der Waals surface area (Å²) in [7, 11) is 2.76. The Hall–Kier alpha value is -0.900. The van der Waals surface area contributed by atoms with Gasteiger partial charge in [0.05, 0.1) is 7.11 Å². The monoisotopic (exact) mass is 230 g/mol. The van der Waals surface area contributed by atoms with Crippen molar-refractivity contribution in [3.63, 3.8) is 0 Å². The van der Waals surface area contributed by atoms with Gasteiger partial charge in [0.25, 0.3) is 0 Å². The summed E-state index contributed by atoms with van der Waals surface area (Å²) < 4.78 is 9.75. The molecule has 0 fully saturated rings. The lowest BCUT2D eigenvalue weighted by atomic mass is 9.88. The van der Waals surface area contributed by atoms with Gasteiger partial charge in [0, 0.05) is 7.11 Å². The lowest BCUT2D eigenvalue weighted by Gasteiger charge is -2.25. The fourth-order valence-corrected chi connectivity index (χ4v) is 1.43. The number of hydrogen-bond donors (Lipinski definition) is 0. The normalized spacial score (nSPS) is 13.3. The zero-order chi connectivity index (χ0) is 12.8. The van der Waals surface area contributed by atoms with E-state index in [1.165, 1.54) is 14.2 Å². The van der Waals surface area contributed by atoms with E-state index in [2.05, 4.69) is 4.74 Å². The van der Waals surface area contributed by atoms with Gasteiger partial charge >= 0.3 is 5.97 Å². The van der Waals surface area contributed by atoms with Crippen LogP contribution in [0.15, 0.2) is 0 Å². The number of esters is 1. The highest BCUT2D eigenvalue weighted by atomic mass is 16.5. The van der Waals surface area contributed by atoms with Gasteiger partial charge in [0.1, 0.15) is 11.5 Å². The van der Waals surface area contributed by atoms with E-state index < -0.39 is 17.5 Å². The third kappa shape index (κ3) is 3.93. The van der Waals surface area contributed by atoms with Crippen LogP contribution in [0.2, 0.25) is 0 Å². The van der Waals surface area contributed by atoms with E-state index in [1.54, 1.807) is 13.8 Å². The molecular formula is C12H22O4. The topological polar surface area (TPSA) is 52.6 Å². The van der Waals surface area contributed by atoms with E-state index in [4.69, 9.17) is 4.74 Å². The van der Waals surface area contributed by atoms with Crippen LogP contribution in [0.25, 0.3) is 0 Å². The van der Waals surface area contributed by atoms with Gasteiger partial charge in [0.2, 0.25) is 0 Å². The fourth-order valence-electron chi connectivity index (χ4n) is 1.43. The number of carbonyl (C=O) groups excluding carboxylic acids is 2. The Morgan fingerprint density at radius 2 is 1.81 bits per heavy atom. The van der Waals surface area contributed by atoms with Crippen molar-refractivity contribution in [1.29, 1.82) is 0 Å². The first-order valence-electron chi connectivity index (χ1n) is 5.58. The minimum atomic E-state index is -0.938. The van der Waals surface area contributed by atoms with Gasteiger partial charge in [0.15, 0.2) is 5.78 Å². The van der Waals surface area contributed by atoms with E-state index in [0.717, 1.165) is 12.8 Å². The van der Waals surface area contributed by atoms with Crippen molar-refractivity contribution < 1.29 is 19.1 Å². The Morgan fingerprint density at radius 3 is 2.19 bits per heavy atom. The largest absolute Gasteiger partial charge is 0.468 e. The molecule has 0 rings (SSSR count). The molecule has 94 valence electrons. The molecule has 0 saturated heterocycles. The number of Topliss-reactive ketones (excluding diaryl/α,β-unsaturated/α-hetero) is 1. The van der Waals surface area contributed by atoms with E-state index >= 15 is 0 Å². The molecule has 0 aromatic carbocycles. The summed E-state index contributed by atoms with van der Waals surface area (Å²) in [5.74, 6) is -1.39. The van der Waals surface area contributed by atoms with Gasteiger partial charge in [-0.15, -0.1) is 0 Å². The molecule has 0 heterocycles. The predicted molar refractivity (Wildman–Crippen MR) is 61.1 cm³/mol. The van der Waals surface area contributed by atoms with Gasteiger partial charge in [-0.3, -0.25) is 9.59 Å². The number of ketones is 1. The SMILES string of the molecule is CCCCC(C(=O)OC)C(=O)C(C)(C)OC. The average Bonchev–Trinajstić information content (AvgIpc) is 2.28. The Kier molecular flexibility index (Phi) is 6.26. The van der Waals surface area contributed by atoms with Gasteiger partial charge in [-0.2, -0.15) is 0 Å². The minimum absolute atomic E-state index is 0.213. The van der Waals surface area contributed by atoms with Crippen molar-refractivity contribution in [2.75, 3.05) is 14.2 Å². The molecule has 1 unspecified atom stereocenters. The van der Waals surface area contributed by atoms with Gasteiger partial charge in [-0.05, 0) is 20.3 Å². The molecule has 0 spiro atoms. The predicted octanol–water partition coefficient (Wildman–Crippen LogP) is 1.96. The summed E-state index contributed by atoms with van der Waals surface area (Å²) in [6.07, 6.45) is 2.29. The van der Waals surface area contributed by atoms with Crippen LogP contribution in [0, 0.1) is 5.92 Å². The molecule has 16 heavy (non-hydrogen) atoms. The van der Waals surface area contributed by atoms with E-state index in [9.17, 15) is 9.59 Å². The van der Waals surface area contributed by atoms with Gasteiger partial charge in [-0.1, -0.05) is 19.8 Å². The summed E-state index contributed by atoms with van der Waals surface area (Å²) in [6, 6.07) is 0. The van der Waals surface area contributed by atoms with Crippen LogP contribution in [-0.2, 0) is 19.1 Å². The van der Waals surface area contributed by atoms with Crippen LogP contribution in [0.4, 0.5) is 0 Å². The third-order valence-corrected chi connectivity index (χ3v) is 2.75. The number of hydrogen-bond acceptors (Lipinski definition) is 4. The number of methoxy groups -OCH3 is 2. The highest BCUT2D eigenvalue weighted by molar-refractivity contribution is 6.03. The summed E-state index contributed by atoms with van der Waals surface area (Å²) in [5.41, 5.74) is -0.938. The number of rotatable bonds is 7. The van der Waals surface area contributed by atoms with Crippen LogP contribution in [0.1, 0.15) is 40.0 Å². The highest BCUT2D eigenvalue weighted by Gasteiger charge is 2.37. The molecule has 0 N–H and O–H groups in total. The maximum Gasteiger partial charge on any atom is 0.316 e. The average molecular weight is 230 g/mol. The lowest BCUT2D eigenvalue weighted by Crippen LogP contribution is -2.42. The molecule has 0 saturated carbocycles. The Labute approximate surface area is 97.3 Å². The Morgan fingerprint density at radius 1 is 1.25 bits per heavy atom. The smallest absolute Gasteiger partial charge is 0.316 e. The second-order valence-electron chi connectivity index (χ2n) is 4.30. The van der Waals surface area contributed by atoms with Crippen molar-refractivity contribution in [3.8, 4) is 0 Å². The first kappa shape index (κ1) is 15.1. The van der Waals surface area contributed by atoms with Crippen molar-refractivity contribution in [2.24, 2.45) is 5.92 Å². The molecular weight excluding hydrogens is 208 g/mol. The van der Waals surface area contributed by atoms with Crippen LogP contribution in [0.5, 0.6) is 0 Å². The summed E-state index contributed by atoms with van der Waals surface area (Å²) in [4.78, 5) is 23.6. The zero-order valence-corrected chi connectivity index (χ0v) is 10.8. The highest BCUT2D eigenvalue weighted by Crippen LogP contribution is 2.21. The van der Waals surface area contributed by atoms with Gasteiger partial charge in [-0.25, -0.2) is 0 Å². The van der Waals surface area contributed by atoms with Crippen molar-refractivity contribution in [1.82, 2.24) is 0 Å². The quantitative estimate of drug-likeness (QED) is 0.495. The summed E-state index contributed by atoms with van der Waals surface area (Å²) in [6.45, 7) is 5.34. The second-order valence-corrected chi connectivity index (χ2v) is 4.30. The molecule has 0 bridgehead atoms. The standard InChI is InChI=1S/C12H22O4/c1-6-7-8-9(11(14)15-4)10(13)12(2,3)16-5/h9H,6-8H2,1-5H3. The van der Waals surface area contributed by atoms with Crippen LogP contribution in [-0.4, -0.2) is 31.6 Å². The van der Waals surface area contributed by atoms with Gasteiger partial charge < -0.3 is 9.47 Å². The number of ether oxygens (including phenoxy) is 2. The van der Waals surface area contributed by atoms with Crippen molar-refractivity contribution in [2.45, 2.75) is 45.6 Å². The molecule has 4 nitrogen and oxygen atoms in total. The Balaban J connectivity index is 4.75. The molecule has 4 heteroatoms. The first-order valence-corrected chi connectivity index (χ1v) is 5.58. The summed E-state index contributed by atoms with van der Waals surface area (Å²) in [5, 5.41) is 0. The number of unbranched alkanes of at least 4 members (excludes halogenated alkanes) is 1. The van der Waals surface area contributed by atoms with Crippen molar-refractivity contribution >= 4 is 11.8 Å². The number of carbonyl (C=O) groups is 2. The van der Waals surface area contributed by atoms with Crippen LogP contribution < -0.4 is 0 Å². The minimum Gasteiger partial charge on any atom is -0.468 e. The maximum atomic E-state index is 12.1. The van der Waals surface area contributed by atoms with E-state index in [0.29, 0.717) is 6.42 Å². The molecule has 0 aliphatic heterocycles. The van der Waals surface area contributed by atoms with Crippen molar-refractivity contribution in [3.05, 3.63) is 0 Å². The Bertz CT molecular complexity index is 245. The lowest BCUT2D eigenvalue weighted by molar-refractivity contribution is -0.156. The molecule has 0 aromatic heterocycles. The first-order chi connectivity index (χ1) is 7.40. The summed E-state index contributed by atoms with van der Waals surface area (Å²) >= 11 is 0. The maximum absolute atomic E-state index is 12.1. The van der Waals surface area contributed by atoms with E-state index in [1.807, 2.05) is 6.92 Å². The third-order valence-electron chi connectivity index (χ3n) is 2.75. The second kappa shape index (κ2) is 6.63. The molecule has 1 atom stereocenters. The molecule has 0 aliphatic rings. The molecule has 0 amide bonds. The van der Waals surface area contributed by atoms with Crippen LogP contribution >= 0.6 is 0 Å². The molecule has 0 aromatic rings. The fraction of sp³-hybridized carbons (Fsp3) is 0.833. The van der Waals surface area contributed by atoms with Crippen LogP contribution in [0.3, 0.4) is 0 Å².